The van der Waals surface area contributed by atoms with E-state index in [1.165, 1.54) is 0 Å². The molecule has 0 saturated heterocycles. The van der Waals surface area contributed by atoms with Gasteiger partial charge in [0.05, 0.1) is 11.9 Å². The van der Waals surface area contributed by atoms with Crippen LogP contribution in [0, 0.1) is 5.92 Å². The van der Waals surface area contributed by atoms with Crippen LogP contribution in [0.4, 0.5) is 4.79 Å². The molecule has 0 radical (unpaired) electrons. The Morgan fingerprint density at radius 2 is 2.13 bits per heavy atom. The lowest BCUT2D eigenvalue weighted by atomic mass is 10.1. The molecule has 1 aromatic heterocycles. The largest absolute Gasteiger partial charge is 0.396 e. The molecule has 2 atom stereocenters. The third-order valence-corrected chi connectivity index (χ3v) is 3.83. The Bertz CT molecular complexity index is 681. The van der Waals surface area contributed by atoms with Crippen LogP contribution in [0.3, 0.4) is 0 Å². The summed E-state index contributed by atoms with van der Waals surface area (Å²) < 4.78 is 1.78. The first-order valence-corrected chi connectivity index (χ1v) is 7.67. The van der Waals surface area contributed by atoms with Crippen molar-refractivity contribution in [3.8, 4) is 5.69 Å². The average Bonchev–Trinajstić information content (AvgIpc) is 3.23. The summed E-state index contributed by atoms with van der Waals surface area (Å²) in [6, 6.07) is 9.58. The molecular formula is C17H20N4O2. The van der Waals surface area contributed by atoms with Gasteiger partial charge in [0.2, 0.25) is 0 Å². The summed E-state index contributed by atoms with van der Waals surface area (Å²) in [6.45, 7) is 0.535. The maximum absolute atomic E-state index is 11.9. The van der Waals surface area contributed by atoms with E-state index in [0.29, 0.717) is 6.54 Å². The molecule has 3 rings (SSSR count). The second-order valence-corrected chi connectivity index (χ2v) is 5.63. The van der Waals surface area contributed by atoms with Crippen LogP contribution in [0.1, 0.15) is 12.0 Å². The van der Waals surface area contributed by atoms with E-state index in [2.05, 4.69) is 15.7 Å². The number of aliphatic hydroxyl groups is 1. The minimum Gasteiger partial charge on any atom is -0.396 e. The molecule has 1 aliphatic carbocycles. The fraction of sp³-hybridized carbons (Fsp3) is 0.294. The van der Waals surface area contributed by atoms with Crippen molar-refractivity contribution in [1.29, 1.82) is 0 Å². The van der Waals surface area contributed by atoms with Gasteiger partial charge in [-0.15, -0.1) is 0 Å². The molecule has 0 fully saturated rings. The van der Waals surface area contributed by atoms with E-state index in [-0.39, 0.29) is 24.6 Å². The van der Waals surface area contributed by atoms with E-state index < -0.39 is 0 Å². The minimum atomic E-state index is -0.217. The van der Waals surface area contributed by atoms with Crippen molar-refractivity contribution in [3.63, 3.8) is 0 Å². The Kier molecular flexibility index (Phi) is 4.73. The number of para-hydroxylation sites is 1. The molecule has 1 heterocycles. The Balaban J connectivity index is 1.48. The predicted octanol–water partition coefficient (Wildman–Crippen LogP) is 1.61. The molecule has 120 valence electrons. The van der Waals surface area contributed by atoms with Gasteiger partial charge in [-0.1, -0.05) is 30.4 Å². The SMILES string of the molecule is O=C(NCc1cnn(-c2ccccc2)c1)N[C@@H]1C=C[C@H](CO)C1. The van der Waals surface area contributed by atoms with Crippen LogP contribution in [-0.4, -0.2) is 33.6 Å². The fourth-order valence-electron chi connectivity index (χ4n) is 2.59. The highest BCUT2D eigenvalue weighted by Gasteiger charge is 2.19. The van der Waals surface area contributed by atoms with Gasteiger partial charge in [0, 0.05) is 36.9 Å². The number of rotatable bonds is 5. The van der Waals surface area contributed by atoms with Gasteiger partial charge in [0.15, 0.2) is 0 Å². The Hall–Kier alpha value is -2.60. The first kappa shape index (κ1) is 15.3. The number of benzene rings is 1. The molecule has 6 nitrogen and oxygen atoms in total. The van der Waals surface area contributed by atoms with E-state index in [1.54, 1.807) is 10.9 Å². The van der Waals surface area contributed by atoms with Crippen LogP contribution in [0.5, 0.6) is 0 Å². The van der Waals surface area contributed by atoms with E-state index >= 15 is 0 Å². The molecule has 6 heteroatoms. The number of nitrogens with one attached hydrogen (secondary N) is 2. The molecule has 0 aliphatic heterocycles. The van der Waals surface area contributed by atoms with E-state index in [1.807, 2.05) is 48.7 Å². The maximum atomic E-state index is 11.9. The van der Waals surface area contributed by atoms with Crippen molar-refractivity contribution < 1.29 is 9.90 Å². The zero-order valence-corrected chi connectivity index (χ0v) is 12.7. The smallest absolute Gasteiger partial charge is 0.315 e. The summed E-state index contributed by atoms with van der Waals surface area (Å²) >= 11 is 0. The average molecular weight is 312 g/mol. The number of aromatic nitrogens is 2. The molecular weight excluding hydrogens is 292 g/mol. The van der Waals surface area contributed by atoms with E-state index in [0.717, 1.165) is 17.7 Å². The number of urea groups is 1. The van der Waals surface area contributed by atoms with Gasteiger partial charge in [-0.25, -0.2) is 9.48 Å². The molecule has 0 spiro atoms. The van der Waals surface area contributed by atoms with Gasteiger partial charge in [-0.3, -0.25) is 0 Å². The van der Waals surface area contributed by atoms with E-state index in [9.17, 15) is 4.79 Å². The number of carbonyl (C=O) groups is 1. The summed E-state index contributed by atoms with van der Waals surface area (Å²) in [5, 5.41) is 19.1. The number of hydrogen-bond donors (Lipinski definition) is 3. The fourth-order valence-corrected chi connectivity index (χ4v) is 2.59. The topological polar surface area (TPSA) is 79.2 Å². The number of hydrogen-bond acceptors (Lipinski definition) is 3. The van der Waals surface area contributed by atoms with Gasteiger partial charge < -0.3 is 15.7 Å². The highest BCUT2D eigenvalue weighted by Crippen LogP contribution is 2.16. The molecule has 0 saturated carbocycles. The standard InChI is InChI=1S/C17H20N4O2/c22-12-13-6-7-15(8-13)20-17(23)18-9-14-10-19-21(11-14)16-4-2-1-3-5-16/h1-7,10-11,13,15,22H,8-9,12H2,(H2,18,20,23)/t13-,15+/m0/s1. The van der Waals surface area contributed by atoms with Crippen molar-refractivity contribution >= 4 is 6.03 Å². The maximum Gasteiger partial charge on any atom is 0.315 e. The third-order valence-electron chi connectivity index (χ3n) is 3.83. The summed E-state index contributed by atoms with van der Waals surface area (Å²) in [5.41, 5.74) is 1.91. The van der Waals surface area contributed by atoms with Crippen LogP contribution in [0.2, 0.25) is 0 Å². The van der Waals surface area contributed by atoms with Crippen LogP contribution < -0.4 is 10.6 Å². The van der Waals surface area contributed by atoms with Crippen molar-refractivity contribution in [1.82, 2.24) is 20.4 Å². The summed E-state index contributed by atoms with van der Waals surface area (Å²) in [7, 11) is 0. The van der Waals surface area contributed by atoms with Gasteiger partial charge in [0.1, 0.15) is 0 Å². The third kappa shape index (κ3) is 3.98. The first-order chi connectivity index (χ1) is 11.2. The molecule has 0 bridgehead atoms. The summed E-state index contributed by atoms with van der Waals surface area (Å²) in [5.74, 6) is 0.143. The minimum absolute atomic E-state index is 0.0146. The Labute approximate surface area is 134 Å². The van der Waals surface area contributed by atoms with Crippen molar-refractivity contribution in [2.45, 2.75) is 19.0 Å². The monoisotopic (exact) mass is 312 g/mol. The zero-order valence-electron chi connectivity index (χ0n) is 12.7. The van der Waals surface area contributed by atoms with Crippen LogP contribution in [0.25, 0.3) is 5.69 Å². The lowest BCUT2D eigenvalue weighted by Gasteiger charge is -2.13. The van der Waals surface area contributed by atoms with Crippen molar-refractivity contribution in [2.75, 3.05) is 6.61 Å². The molecule has 1 aromatic carbocycles. The van der Waals surface area contributed by atoms with Crippen LogP contribution >= 0.6 is 0 Å². The molecule has 2 amide bonds. The van der Waals surface area contributed by atoms with Gasteiger partial charge in [-0.05, 0) is 18.6 Å². The molecule has 0 unspecified atom stereocenters. The highest BCUT2D eigenvalue weighted by molar-refractivity contribution is 5.74. The molecule has 1 aliphatic rings. The van der Waals surface area contributed by atoms with Crippen molar-refractivity contribution in [2.24, 2.45) is 5.92 Å². The molecule has 2 aromatic rings. The van der Waals surface area contributed by atoms with Gasteiger partial charge in [-0.2, -0.15) is 5.10 Å². The quantitative estimate of drug-likeness (QED) is 0.734. The van der Waals surface area contributed by atoms with Crippen LogP contribution in [-0.2, 0) is 6.54 Å². The Morgan fingerprint density at radius 3 is 2.87 bits per heavy atom. The normalized spacial score (nSPS) is 19.7. The summed E-state index contributed by atoms with van der Waals surface area (Å²) in [4.78, 5) is 11.9. The zero-order chi connectivity index (χ0) is 16.1. The lowest BCUT2D eigenvalue weighted by Crippen LogP contribution is -2.40. The number of amides is 2. The van der Waals surface area contributed by atoms with Gasteiger partial charge in [0.25, 0.3) is 0 Å². The highest BCUT2D eigenvalue weighted by atomic mass is 16.3. The number of carbonyl (C=O) groups excluding carboxylic acids is 1. The van der Waals surface area contributed by atoms with E-state index in [4.69, 9.17) is 5.11 Å². The molecule has 3 N–H and O–H groups in total. The Morgan fingerprint density at radius 1 is 1.30 bits per heavy atom. The molecule has 23 heavy (non-hydrogen) atoms. The van der Waals surface area contributed by atoms with Crippen LogP contribution in [0.15, 0.2) is 54.9 Å². The van der Waals surface area contributed by atoms with Gasteiger partial charge >= 0.3 is 6.03 Å². The predicted molar refractivity (Wildman–Crippen MR) is 87.1 cm³/mol. The number of nitrogens with zero attached hydrogens (tertiary/aromatic N) is 2. The number of aliphatic hydroxyl groups excluding tert-OH is 1. The first-order valence-electron chi connectivity index (χ1n) is 7.67. The summed E-state index contributed by atoms with van der Waals surface area (Å²) in [6.07, 6.45) is 8.25. The lowest BCUT2D eigenvalue weighted by molar-refractivity contribution is 0.231. The van der Waals surface area contributed by atoms with Crippen molar-refractivity contribution in [3.05, 3.63) is 60.4 Å². The second-order valence-electron chi connectivity index (χ2n) is 5.63. The second kappa shape index (κ2) is 7.11.